The lowest BCUT2D eigenvalue weighted by atomic mass is 10.0. The van der Waals surface area contributed by atoms with Crippen LogP contribution in [0.2, 0.25) is 0 Å². The van der Waals surface area contributed by atoms with Gasteiger partial charge in [0.25, 0.3) is 5.91 Å². The lowest BCUT2D eigenvalue weighted by molar-refractivity contribution is 0.0484. The summed E-state index contributed by atoms with van der Waals surface area (Å²) in [6, 6.07) is 16.7. The normalized spacial score (nSPS) is 13.2. The van der Waals surface area contributed by atoms with Crippen LogP contribution in [0.1, 0.15) is 41.9 Å². The van der Waals surface area contributed by atoms with E-state index >= 15 is 0 Å². The van der Waals surface area contributed by atoms with Crippen molar-refractivity contribution in [3.8, 4) is 0 Å². The molecule has 0 radical (unpaired) electrons. The lowest BCUT2D eigenvalue weighted by Gasteiger charge is -2.16. The minimum absolute atomic E-state index is 0.148. The molecule has 0 aliphatic rings. The van der Waals surface area contributed by atoms with Gasteiger partial charge in [0.2, 0.25) is 0 Å². The van der Waals surface area contributed by atoms with Gasteiger partial charge in [0.15, 0.2) is 0 Å². The van der Waals surface area contributed by atoms with Crippen LogP contribution in [0.25, 0.3) is 0 Å². The molecule has 0 spiro atoms. The maximum atomic E-state index is 12.3. The van der Waals surface area contributed by atoms with Crippen molar-refractivity contribution in [3.05, 3.63) is 77.6 Å². The van der Waals surface area contributed by atoms with E-state index in [9.17, 15) is 9.90 Å². The van der Waals surface area contributed by atoms with Crippen LogP contribution in [0.4, 0.5) is 5.69 Å². The van der Waals surface area contributed by atoms with E-state index in [1.807, 2.05) is 49.4 Å². The molecule has 1 unspecified atom stereocenters. The molecule has 0 bridgehead atoms. The van der Waals surface area contributed by atoms with Gasteiger partial charge in [-0.3, -0.25) is 4.79 Å². The molecule has 3 aromatic rings. The molecule has 0 fully saturated rings. The number of hydrogen-bond donors (Lipinski definition) is 2. The number of aliphatic hydroxyl groups is 1. The van der Waals surface area contributed by atoms with Gasteiger partial charge < -0.3 is 10.4 Å². The van der Waals surface area contributed by atoms with Crippen molar-refractivity contribution in [1.29, 1.82) is 0 Å². The summed E-state index contributed by atoms with van der Waals surface area (Å²) in [6.45, 7) is 4.15. The smallest absolute Gasteiger partial charge is 0.255 e. The summed E-state index contributed by atoms with van der Waals surface area (Å²) in [4.78, 5) is 12.3. The third-order valence-corrected chi connectivity index (χ3v) is 4.37. The molecule has 0 saturated heterocycles. The first-order chi connectivity index (χ1) is 12.5. The second-order valence-corrected chi connectivity index (χ2v) is 6.45. The van der Waals surface area contributed by atoms with Gasteiger partial charge in [0.1, 0.15) is 11.3 Å². The first-order valence-electron chi connectivity index (χ1n) is 8.56. The Hall–Kier alpha value is -2.99. The van der Waals surface area contributed by atoms with E-state index in [4.69, 9.17) is 0 Å². The van der Waals surface area contributed by atoms with Crippen LogP contribution in [0, 0.1) is 0 Å². The van der Waals surface area contributed by atoms with Crippen LogP contribution >= 0.6 is 0 Å². The minimum atomic E-state index is -0.975. The van der Waals surface area contributed by atoms with Crippen LogP contribution in [0.15, 0.2) is 60.8 Å². The molecular weight excluding hydrogens is 328 g/mol. The Labute approximate surface area is 152 Å². The largest absolute Gasteiger partial charge is 0.384 e. The van der Waals surface area contributed by atoms with Gasteiger partial charge in [0.05, 0.1) is 12.7 Å². The molecule has 2 N–H and O–H groups in total. The third-order valence-electron chi connectivity index (χ3n) is 4.37. The molecule has 1 atom stereocenters. The van der Waals surface area contributed by atoms with Gasteiger partial charge in [-0.05, 0) is 43.2 Å². The molecule has 0 aliphatic carbocycles. The van der Waals surface area contributed by atoms with Crippen LogP contribution in [-0.2, 0) is 12.1 Å². The van der Waals surface area contributed by atoms with Crippen molar-refractivity contribution in [1.82, 2.24) is 15.0 Å². The summed E-state index contributed by atoms with van der Waals surface area (Å²) in [5.41, 5.74) is 1.93. The number of benzene rings is 2. The lowest BCUT2D eigenvalue weighted by Crippen LogP contribution is -2.20. The molecule has 1 amide bonds. The summed E-state index contributed by atoms with van der Waals surface area (Å²) >= 11 is 0. The van der Waals surface area contributed by atoms with Gasteiger partial charge >= 0.3 is 0 Å². The van der Waals surface area contributed by atoms with Crippen molar-refractivity contribution in [2.75, 3.05) is 5.32 Å². The fourth-order valence-electron chi connectivity index (χ4n) is 2.48. The summed E-state index contributed by atoms with van der Waals surface area (Å²) < 4.78 is 1.68. The van der Waals surface area contributed by atoms with E-state index in [1.165, 1.54) is 0 Å². The fourth-order valence-corrected chi connectivity index (χ4v) is 2.48. The quantitative estimate of drug-likeness (QED) is 0.715. The Morgan fingerprint density at radius 1 is 1.15 bits per heavy atom. The van der Waals surface area contributed by atoms with Crippen LogP contribution < -0.4 is 5.32 Å². The van der Waals surface area contributed by atoms with E-state index in [0.717, 1.165) is 11.3 Å². The highest BCUT2D eigenvalue weighted by Gasteiger charge is 2.24. The number of nitrogens with zero attached hydrogens (tertiary/aromatic N) is 3. The minimum Gasteiger partial charge on any atom is -0.384 e. The van der Waals surface area contributed by atoms with Crippen molar-refractivity contribution in [2.24, 2.45) is 0 Å². The van der Waals surface area contributed by atoms with Crippen molar-refractivity contribution in [2.45, 2.75) is 32.4 Å². The van der Waals surface area contributed by atoms with Gasteiger partial charge in [0, 0.05) is 11.3 Å². The molecule has 3 rings (SSSR count). The van der Waals surface area contributed by atoms with Crippen LogP contribution in [0.5, 0.6) is 0 Å². The van der Waals surface area contributed by atoms with Gasteiger partial charge in [-0.15, -0.1) is 5.10 Å². The predicted molar refractivity (Wildman–Crippen MR) is 99.8 cm³/mol. The number of rotatable bonds is 6. The van der Waals surface area contributed by atoms with Gasteiger partial charge in [-0.25, -0.2) is 4.68 Å². The first kappa shape index (κ1) is 17.8. The van der Waals surface area contributed by atoms with E-state index in [1.54, 1.807) is 29.9 Å². The third kappa shape index (κ3) is 4.15. The Balaban J connectivity index is 1.65. The fraction of sp³-hybridized carbons (Fsp3) is 0.250. The number of nitrogens with one attached hydrogen (secondary N) is 1. The average molecular weight is 350 g/mol. The maximum absolute atomic E-state index is 12.3. The average Bonchev–Trinajstić information content (AvgIpc) is 3.12. The number of carbonyl (C=O) groups is 1. The van der Waals surface area contributed by atoms with Crippen molar-refractivity contribution < 1.29 is 9.90 Å². The summed E-state index contributed by atoms with van der Waals surface area (Å²) in [7, 11) is 0. The SMILES string of the molecule is CCC(C)(O)c1cn(Cc2ccc(C(=O)Nc3ccccc3)cc2)nn1. The Morgan fingerprint density at radius 2 is 1.85 bits per heavy atom. The Morgan fingerprint density at radius 3 is 2.50 bits per heavy atom. The molecule has 1 aromatic heterocycles. The molecule has 6 heteroatoms. The molecule has 1 heterocycles. The highest BCUT2D eigenvalue weighted by Crippen LogP contribution is 2.21. The zero-order valence-corrected chi connectivity index (χ0v) is 14.9. The highest BCUT2D eigenvalue weighted by atomic mass is 16.3. The molecule has 2 aromatic carbocycles. The maximum Gasteiger partial charge on any atom is 0.255 e. The number of aromatic nitrogens is 3. The first-order valence-corrected chi connectivity index (χ1v) is 8.56. The van der Waals surface area contributed by atoms with E-state index in [-0.39, 0.29) is 5.91 Å². The zero-order valence-electron chi connectivity index (χ0n) is 14.9. The number of carbonyl (C=O) groups excluding carboxylic acids is 1. The number of para-hydroxylation sites is 1. The molecule has 6 nitrogen and oxygen atoms in total. The van der Waals surface area contributed by atoms with E-state index < -0.39 is 5.60 Å². The molecular formula is C20H22N4O2. The van der Waals surface area contributed by atoms with E-state index in [2.05, 4.69) is 15.6 Å². The van der Waals surface area contributed by atoms with Crippen LogP contribution in [0.3, 0.4) is 0 Å². The Kier molecular flexibility index (Phi) is 5.14. The summed E-state index contributed by atoms with van der Waals surface area (Å²) in [5, 5.41) is 21.2. The second-order valence-electron chi connectivity index (χ2n) is 6.45. The van der Waals surface area contributed by atoms with Crippen molar-refractivity contribution in [3.63, 3.8) is 0 Å². The molecule has 134 valence electrons. The predicted octanol–water partition coefficient (Wildman–Crippen LogP) is 3.20. The van der Waals surface area contributed by atoms with E-state index in [0.29, 0.717) is 24.2 Å². The topological polar surface area (TPSA) is 80.0 Å². The monoisotopic (exact) mass is 350 g/mol. The highest BCUT2D eigenvalue weighted by molar-refractivity contribution is 6.04. The number of amides is 1. The molecule has 0 aliphatic heterocycles. The van der Waals surface area contributed by atoms with Crippen LogP contribution in [-0.4, -0.2) is 26.0 Å². The zero-order chi connectivity index (χ0) is 18.6. The summed E-state index contributed by atoms with van der Waals surface area (Å²) in [5.74, 6) is -0.148. The Bertz CT molecular complexity index is 870. The van der Waals surface area contributed by atoms with Gasteiger partial charge in [-0.1, -0.05) is 42.5 Å². The standard InChI is InChI=1S/C20H22N4O2/c1-3-20(2,26)18-14-24(23-22-18)13-15-9-11-16(12-10-15)19(25)21-17-7-5-4-6-8-17/h4-12,14,26H,3,13H2,1-2H3,(H,21,25). The number of hydrogen-bond acceptors (Lipinski definition) is 4. The molecule has 0 saturated carbocycles. The van der Waals surface area contributed by atoms with Gasteiger partial charge in [-0.2, -0.15) is 0 Å². The number of anilines is 1. The van der Waals surface area contributed by atoms with Crippen molar-refractivity contribution >= 4 is 11.6 Å². The second kappa shape index (κ2) is 7.49. The molecule has 26 heavy (non-hydrogen) atoms. The summed E-state index contributed by atoms with van der Waals surface area (Å²) in [6.07, 6.45) is 2.32.